The van der Waals surface area contributed by atoms with Crippen LogP contribution < -0.4 is 5.32 Å². The van der Waals surface area contributed by atoms with E-state index in [0.717, 1.165) is 30.3 Å². The third-order valence-corrected chi connectivity index (χ3v) is 5.64. The Bertz CT molecular complexity index is 1120. The Balaban J connectivity index is 1.90. The van der Waals surface area contributed by atoms with Crippen molar-refractivity contribution in [2.75, 3.05) is 5.32 Å². The monoisotopic (exact) mass is 408 g/mol. The van der Waals surface area contributed by atoms with Crippen LogP contribution in [-0.2, 0) is 9.84 Å². The van der Waals surface area contributed by atoms with Crippen LogP contribution in [0.15, 0.2) is 70.6 Å². The standard InChI is InChI=1S/C18H11ClF2N2O3S/c19-17-8-6-12(10-22-17)23-18(24)11-5-7-16(14(21)9-11)27(25,26)15-4-2-1-3-13(15)20/h1-10H,(H,23,24). The number of amides is 1. The Morgan fingerprint density at radius 3 is 2.30 bits per heavy atom. The van der Waals surface area contributed by atoms with Crippen molar-refractivity contribution in [3.63, 3.8) is 0 Å². The lowest BCUT2D eigenvalue weighted by Gasteiger charge is -2.09. The zero-order chi connectivity index (χ0) is 19.6. The summed E-state index contributed by atoms with van der Waals surface area (Å²) in [6.07, 6.45) is 1.31. The van der Waals surface area contributed by atoms with Crippen molar-refractivity contribution in [1.82, 2.24) is 4.98 Å². The molecule has 3 aromatic rings. The molecule has 1 heterocycles. The van der Waals surface area contributed by atoms with Gasteiger partial charge in [0.25, 0.3) is 5.91 Å². The van der Waals surface area contributed by atoms with Gasteiger partial charge in [0.2, 0.25) is 9.84 Å². The summed E-state index contributed by atoms with van der Waals surface area (Å²) in [5, 5.41) is 2.71. The molecule has 1 aromatic heterocycles. The summed E-state index contributed by atoms with van der Waals surface area (Å²) < 4.78 is 53.2. The van der Waals surface area contributed by atoms with Crippen molar-refractivity contribution < 1.29 is 22.0 Å². The van der Waals surface area contributed by atoms with Crippen LogP contribution in [0.1, 0.15) is 10.4 Å². The SMILES string of the molecule is O=C(Nc1ccc(Cl)nc1)c1ccc(S(=O)(=O)c2ccccc2F)c(F)c1. The number of nitrogens with zero attached hydrogens (tertiary/aromatic N) is 1. The van der Waals surface area contributed by atoms with Gasteiger partial charge >= 0.3 is 0 Å². The molecule has 2 aromatic carbocycles. The van der Waals surface area contributed by atoms with Crippen molar-refractivity contribution >= 4 is 33.0 Å². The smallest absolute Gasteiger partial charge is 0.255 e. The van der Waals surface area contributed by atoms with Crippen LogP contribution in [0.4, 0.5) is 14.5 Å². The number of sulfone groups is 1. The van der Waals surface area contributed by atoms with Gasteiger partial charge in [0, 0.05) is 5.56 Å². The number of benzene rings is 2. The van der Waals surface area contributed by atoms with Gasteiger partial charge < -0.3 is 5.32 Å². The number of carbonyl (C=O) groups is 1. The van der Waals surface area contributed by atoms with E-state index in [1.807, 2.05) is 0 Å². The zero-order valence-electron chi connectivity index (χ0n) is 13.5. The van der Waals surface area contributed by atoms with Crippen molar-refractivity contribution in [3.8, 4) is 0 Å². The lowest BCUT2D eigenvalue weighted by molar-refractivity contribution is 0.102. The number of rotatable bonds is 4. The molecular formula is C18H11ClF2N2O3S. The van der Waals surface area contributed by atoms with E-state index in [0.29, 0.717) is 5.69 Å². The van der Waals surface area contributed by atoms with E-state index >= 15 is 0 Å². The number of nitrogens with one attached hydrogen (secondary N) is 1. The first-order chi connectivity index (χ1) is 12.8. The Morgan fingerprint density at radius 2 is 1.67 bits per heavy atom. The molecule has 0 radical (unpaired) electrons. The lowest BCUT2D eigenvalue weighted by atomic mass is 10.2. The summed E-state index contributed by atoms with van der Waals surface area (Å²) in [4.78, 5) is 14.6. The normalized spacial score (nSPS) is 11.2. The Hall–Kier alpha value is -2.84. The Labute approximate surface area is 158 Å². The predicted molar refractivity (Wildman–Crippen MR) is 95.5 cm³/mol. The molecule has 0 aliphatic carbocycles. The molecule has 138 valence electrons. The van der Waals surface area contributed by atoms with Gasteiger partial charge in [-0.15, -0.1) is 0 Å². The molecule has 0 spiro atoms. The van der Waals surface area contributed by atoms with Crippen LogP contribution in [0.3, 0.4) is 0 Å². The topological polar surface area (TPSA) is 76.1 Å². The van der Waals surface area contributed by atoms with Crippen LogP contribution >= 0.6 is 11.6 Å². The number of hydrogen-bond donors (Lipinski definition) is 1. The highest BCUT2D eigenvalue weighted by Crippen LogP contribution is 2.26. The van der Waals surface area contributed by atoms with Crippen molar-refractivity contribution in [2.45, 2.75) is 9.79 Å². The fraction of sp³-hybridized carbons (Fsp3) is 0. The molecule has 0 saturated carbocycles. The molecule has 0 fully saturated rings. The van der Waals surface area contributed by atoms with E-state index < -0.39 is 37.2 Å². The minimum Gasteiger partial charge on any atom is -0.321 e. The number of carbonyl (C=O) groups excluding carboxylic acids is 1. The van der Waals surface area contributed by atoms with Crippen LogP contribution in [-0.4, -0.2) is 19.3 Å². The van der Waals surface area contributed by atoms with Crippen LogP contribution in [0.2, 0.25) is 5.15 Å². The maximum absolute atomic E-state index is 14.4. The summed E-state index contributed by atoms with van der Waals surface area (Å²) in [5.74, 6) is -2.83. The minimum atomic E-state index is -4.41. The number of hydrogen-bond acceptors (Lipinski definition) is 4. The zero-order valence-corrected chi connectivity index (χ0v) is 15.1. The average molecular weight is 409 g/mol. The first kappa shape index (κ1) is 18.9. The molecule has 1 amide bonds. The van der Waals surface area contributed by atoms with Crippen molar-refractivity contribution in [2.24, 2.45) is 0 Å². The summed E-state index contributed by atoms with van der Waals surface area (Å²) >= 11 is 5.65. The van der Waals surface area contributed by atoms with Gasteiger partial charge in [-0.2, -0.15) is 0 Å². The highest BCUT2D eigenvalue weighted by molar-refractivity contribution is 7.91. The maximum atomic E-state index is 14.4. The second-order valence-corrected chi connectivity index (χ2v) is 7.68. The van der Waals surface area contributed by atoms with Gasteiger partial charge in [0.1, 0.15) is 26.6 Å². The number of anilines is 1. The molecule has 0 bridgehead atoms. The first-order valence-electron chi connectivity index (χ1n) is 7.51. The molecule has 9 heteroatoms. The summed E-state index contributed by atoms with van der Waals surface area (Å²) in [6, 6.07) is 10.4. The fourth-order valence-electron chi connectivity index (χ4n) is 2.29. The fourth-order valence-corrected chi connectivity index (χ4v) is 3.79. The third kappa shape index (κ3) is 3.96. The van der Waals surface area contributed by atoms with Crippen LogP contribution in [0, 0.1) is 11.6 Å². The largest absolute Gasteiger partial charge is 0.321 e. The van der Waals surface area contributed by atoms with Crippen molar-refractivity contribution in [1.29, 1.82) is 0 Å². The molecule has 0 aliphatic heterocycles. The molecule has 5 nitrogen and oxygen atoms in total. The van der Waals surface area contributed by atoms with E-state index in [-0.39, 0.29) is 10.7 Å². The minimum absolute atomic E-state index is 0.116. The quantitative estimate of drug-likeness (QED) is 0.659. The molecule has 0 atom stereocenters. The van der Waals surface area contributed by atoms with E-state index in [1.54, 1.807) is 0 Å². The van der Waals surface area contributed by atoms with E-state index in [9.17, 15) is 22.0 Å². The Morgan fingerprint density at radius 1 is 0.963 bits per heavy atom. The highest BCUT2D eigenvalue weighted by Gasteiger charge is 2.25. The summed E-state index contributed by atoms with van der Waals surface area (Å²) in [5.41, 5.74) is 0.211. The summed E-state index contributed by atoms with van der Waals surface area (Å²) in [7, 11) is -4.41. The van der Waals surface area contributed by atoms with Gasteiger partial charge in [-0.25, -0.2) is 22.2 Å². The average Bonchev–Trinajstić information content (AvgIpc) is 2.63. The molecule has 27 heavy (non-hydrogen) atoms. The molecular weight excluding hydrogens is 398 g/mol. The highest BCUT2D eigenvalue weighted by atomic mass is 35.5. The van der Waals surface area contributed by atoms with E-state index in [2.05, 4.69) is 10.3 Å². The lowest BCUT2D eigenvalue weighted by Crippen LogP contribution is -2.14. The van der Waals surface area contributed by atoms with Gasteiger partial charge in [-0.1, -0.05) is 23.7 Å². The molecule has 0 unspecified atom stereocenters. The first-order valence-corrected chi connectivity index (χ1v) is 9.37. The van der Waals surface area contributed by atoms with Gasteiger partial charge in [0.15, 0.2) is 0 Å². The van der Waals surface area contributed by atoms with Crippen LogP contribution in [0.5, 0.6) is 0 Å². The number of aromatic nitrogens is 1. The van der Waals surface area contributed by atoms with Crippen molar-refractivity contribution in [3.05, 3.63) is 83.1 Å². The molecule has 0 aliphatic rings. The molecule has 1 N–H and O–H groups in total. The Kier molecular flexibility index (Phi) is 5.20. The molecule has 3 rings (SSSR count). The number of pyridine rings is 1. The van der Waals surface area contributed by atoms with Gasteiger partial charge in [-0.05, 0) is 42.5 Å². The number of halogens is 3. The summed E-state index contributed by atoms with van der Waals surface area (Å²) in [6.45, 7) is 0. The third-order valence-electron chi connectivity index (χ3n) is 3.60. The predicted octanol–water partition coefficient (Wildman–Crippen LogP) is 4.10. The van der Waals surface area contributed by atoms with Gasteiger partial charge in [-0.3, -0.25) is 4.79 Å². The molecule has 0 saturated heterocycles. The maximum Gasteiger partial charge on any atom is 0.255 e. The second-order valence-electron chi connectivity index (χ2n) is 5.40. The van der Waals surface area contributed by atoms with E-state index in [4.69, 9.17) is 11.6 Å². The van der Waals surface area contributed by atoms with E-state index in [1.165, 1.54) is 30.5 Å². The van der Waals surface area contributed by atoms with Gasteiger partial charge in [0.05, 0.1) is 11.9 Å². The van der Waals surface area contributed by atoms with Crippen LogP contribution in [0.25, 0.3) is 0 Å². The second kappa shape index (κ2) is 7.42.